The van der Waals surface area contributed by atoms with Gasteiger partial charge >= 0.3 is 0 Å². The first-order chi connectivity index (χ1) is 9.08. The number of benzene rings is 1. The molecule has 19 heavy (non-hydrogen) atoms. The number of ether oxygens (including phenoxy) is 1. The third-order valence-corrected chi connectivity index (χ3v) is 4.04. The highest BCUT2D eigenvalue weighted by molar-refractivity contribution is 7.13. The number of hydrogen-bond acceptors (Lipinski definition) is 4. The summed E-state index contributed by atoms with van der Waals surface area (Å²) in [5.74, 6) is 0.988. The van der Waals surface area contributed by atoms with Crippen molar-refractivity contribution in [3.05, 3.63) is 45.4 Å². The Kier molecular flexibility index (Phi) is 4.16. The smallest absolute Gasteiger partial charge is 0.134 e. The average Bonchev–Trinajstić information content (AvgIpc) is 2.83. The number of nitrogens with two attached hydrogens (primary N) is 1. The minimum absolute atomic E-state index is 0.0687. The molecule has 0 aliphatic carbocycles. The molecule has 5 heteroatoms. The first-order valence-corrected chi connectivity index (χ1v) is 6.87. The van der Waals surface area contributed by atoms with E-state index in [4.69, 9.17) is 15.9 Å². The van der Waals surface area contributed by atoms with Gasteiger partial charge in [-0.3, -0.25) is 5.41 Å². The van der Waals surface area contributed by atoms with Gasteiger partial charge in [-0.05, 0) is 31.0 Å². The van der Waals surface area contributed by atoms with Crippen molar-refractivity contribution in [1.29, 1.82) is 5.41 Å². The molecule has 2 aromatic rings. The van der Waals surface area contributed by atoms with Crippen LogP contribution < -0.4 is 10.5 Å². The standard InChI is InChI=1S/C14H17N3OS/c1-9-4-3-5-11(10(9)2)18-7-6-13-17-8-12(19-13)14(15)16/h3-5,8H,6-7H2,1-2H3,(H3,15,16). The van der Waals surface area contributed by atoms with E-state index in [1.165, 1.54) is 22.5 Å². The molecule has 0 radical (unpaired) electrons. The molecule has 4 nitrogen and oxygen atoms in total. The molecular formula is C14H17N3OS. The van der Waals surface area contributed by atoms with Crippen molar-refractivity contribution >= 4 is 17.2 Å². The summed E-state index contributed by atoms with van der Waals surface area (Å²) in [5, 5.41) is 8.27. The third kappa shape index (κ3) is 3.32. The predicted molar refractivity (Wildman–Crippen MR) is 78.2 cm³/mol. The van der Waals surface area contributed by atoms with E-state index in [-0.39, 0.29) is 5.84 Å². The second kappa shape index (κ2) is 5.84. The van der Waals surface area contributed by atoms with E-state index in [9.17, 15) is 0 Å². The van der Waals surface area contributed by atoms with Gasteiger partial charge in [-0.15, -0.1) is 11.3 Å². The van der Waals surface area contributed by atoms with Gasteiger partial charge in [0.2, 0.25) is 0 Å². The van der Waals surface area contributed by atoms with E-state index in [2.05, 4.69) is 24.9 Å². The fourth-order valence-corrected chi connectivity index (χ4v) is 2.44. The first-order valence-electron chi connectivity index (χ1n) is 6.06. The molecule has 0 fully saturated rings. The molecule has 3 N–H and O–H groups in total. The Hall–Kier alpha value is -1.88. The summed E-state index contributed by atoms with van der Waals surface area (Å²) in [7, 11) is 0. The number of nitrogen functional groups attached to an aromatic ring is 1. The molecular weight excluding hydrogens is 258 g/mol. The van der Waals surface area contributed by atoms with Crippen LogP contribution >= 0.6 is 11.3 Å². The van der Waals surface area contributed by atoms with Crippen LogP contribution in [0.25, 0.3) is 0 Å². The van der Waals surface area contributed by atoms with Crippen LogP contribution in [0, 0.1) is 19.3 Å². The fourth-order valence-electron chi connectivity index (χ4n) is 1.68. The number of rotatable bonds is 5. The molecule has 2 rings (SSSR count). The second-order valence-electron chi connectivity index (χ2n) is 4.33. The number of amidine groups is 1. The molecule has 0 aliphatic rings. The molecule has 0 amide bonds. The maximum atomic E-state index is 7.33. The highest BCUT2D eigenvalue weighted by atomic mass is 32.1. The molecule has 0 atom stereocenters. The molecule has 1 aromatic heterocycles. The Labute approximate surface area is 116 Å². The van der Waals surface area contributed by atoms with Gasteiger partial charge in [0.1, 0.15) is 11.6 Å². The van der Waals surface area contributed by atoms with E-state index in [1.807, 2.05) is 12.1 Å². The van der Waals surface area contributed by atoms with E-state index >= 15 is 0 Å². The van der Waals surface area contributed by atoms with Gasteiger partial charge in [-0.1, -0.05) is 12.1 Å². The van der Waals surface area contributed by atoms with Crippen LogP contribution in [0.3, 0.4) is 0 Å². The van der Waals surface area contributed by atoms with Crippen molar-refractivity contribution in [2.24, 2.45) is 5.73 Å². The van der Waals surface area contributed by atoms with Crippen molar-refractivity contribution in [2.75, 3.05) is 6.61 Å². The SMILES string of the molecule is Cc1cccc(OCCc2ncc(C(=N)N)s2)c1C. The van der Waals surface area contributed by atoms with Crippen LogP contribution in [0.1, 0.15) is 21.0 Å². The normalized spacial score (nSPS) is 10.4. The number of aromatic nitrogens is 1. The van der Waals surface area contributed by atoms with Gasteiger partial charge in [-0.25, -0.2) is 4.98 Å². The average molecular weight is 275 g/mol. The summed E-state index contributed by atoms with van der Waals surface area (Å²) in [6.07, 6.45) is 2.37. The second-order valence-corrected chi connectivity index (χ2v) is 5.44. The zero-order valence-electron chi connectivity index (χ0n) is 11.1. The molecule has 0 bridgehead atoms. The summed E-state index contributed by atoms with van der Waals surface area (Å²) < 4.78 is 5.77. The number of hydrogen-bond donors (Lipinski definition) is 2. The number of thiazole rings is 1. The Bertz CT molecular complexity index is 592. The minimum atomic E-state index is 0.0687. The highest BCUT2D eigenvalue weighted by Crippen LogP contribution is 2.21. The zero-order chi connectivity index (χ0) is 13.8. The van der Waals surface area contributed by atoms with Crippen LogP contribution in [0.5, 0.6) is 5.75 Å². The summed E-state index contributed by atoms with van der Waals surface area (Å²) in [6, 6.07) is 6.04. The molecule has 0 spiro atoms. The van der Waals surface area contributed by atoms with Crippen molar-refractivity contribution in [1.82, 2.24) is 4.98 Å². The summed E-state index contributed by atoms with van der Waals surface area (Å²) in [4.78, 5) is 4.94. The maximum absolute atomic E-state index is 7.33. The van der Waals surface area contributed by atoms with E-state index in [0.717, 1.165) is 17.2 Å². The van der Waals surface area contributed by atoms with E-state index < -0.39 is 0 Å². The predicted octanol–water partition coefficient (Wildman–Crippen LogP) is 2.67. The monoisotopic (exact) mass is 275 g/mol. The third-order valence-electron chi connectivity index (χ3n) is 2.95. The lowest BCUT2D eigenvalue weighted by Crippen LogP contribution is -2.08. The van der Waals surface area contributed by atoms with Crippen LogP contribution in [-0.4, -0.2) is 17.4 Å². The molecule has 0 saturated carbocycles. The Morgan fingerprint density at radius 1 is 1.42 bits per heavy atom. The van der Waals surface area contributed by atoms with Crippen molar-refractivity contribution in [2.45, 2.75) is 20.3 Å². The molecule has 0 aliphatic heterocycles. The Balaban J connectivity index is 1.92. The topological polar surface area (TPSA) is 72.0 Å². The lowest BCUT2D eigenvalue weighted by atomic mass is 10.1. The van der Waals surface area contributed by atoms with Crippen LogP contribution in [0.15, 0.2) is 24.4 Å². The van der Waals surface area contributed by atoms with Crippen LogP contribution in [0.4, 0.5) is 0 Å². The van der Waals surface area contributed by atoms with Gasteiger partial charge < -0.3 is 10.5 Å². The quantitative estimate of drug-likeness (QED) is 0.651. The first kappa shape index (κ1) is 13.5. The zero-order valence-corrected chi connectivity index (χ0v) is 11.9. The van der Waals surface area contributed by atoms with Gasteiger partial charge in [0.25, 0.3) is 0 Å². The van der Waals surface area contributed by atoms with Crippen LogP contribution in [-0.2, 0) is 6.42 Å². The van der Waals surface area contributed by atoms with Crippen LogP contribution in [0.2, 0.25) is 0 Å². The summed E-state index contributed by atoms with van der Waals surface area (Å²) in [5.41, 5.74) is 7.81. The summed E-state index contributed by atoms with van der Waals surface area (Å²) in [6.45, 7) is 4.71. The minimum Gasteiger partial charge on any atom is -0.493 e. The molecule has 100 valence electrons. The van der Waals surface area contributed by atoms with Crippen molar-refractivity contribution in [3.8, 4) is 5.75 Å². The molecule has 1 aromatic carbocycles. The van der Waals surface area contributed by atoms with Crippen molar-refractivity contribution in [3.63, 3.8) is 0 Å². The largest absolute Gasteiger partial charge is 0.493 e. The number of nitrogens with zero attached hydrogens (tertiary/aromatic N) is 1. The number of aryl methyl sites for hydroxylation is 1. The maximum Gasteiger partial charge on any atom is 0.134 e. The fraction of sp³-hybridized carbons (Fsp3) is 0.286. The van der Waals surface area contributed by atoms with Gasteiger partial charge in [-0.2, -0.15) is 0 Å². The van der Waals surface area contributed by atoms with Gasteiger partial charge in [0.05, 0.1) is 16.5 Å². The number of nitrogens with one attached hydrogen (secondary N) is 1. The molecule has 0 unspecified atom stereocenters. The Morgan fingerprint density at radius 3 is 2.89 bits per heavy atom. The van der Waals surface area contributed by atoms with Gasteiger partial charge in [0.15, 0.2) is 0 Å². The Morgan fingerprint density at radius 2 is 2.21 bits per heavy atom. The molecule has 0 saturated heterocycles. The highest BCUT2D eigenvalue weighted by Gasteiger charge is 2.06. The van der Waals surface area contributed by atoms with E-state index in [0.29, 0.717) is 11.5 Å². The van der Waals surface area contributed by atoms with Gasteiger partial charge in [0, 0.05) is 12.6 Å². The van der Waals surface area contributed by atoms with Crippen molar-refractivity contribution < 1.29 is 4.74 Å². The summed E-state index contributed by atoms with van der Waals surface area (Å²) >= 11 is 1.44. The lowest BCUT2D eigenvalue weighted by Gasteiger charge is -2.09. The van der Waals surface area contributed by atoms with E-state index in [1.54, 1.807) is 6.20 Å². The molecule has 1 heterocycles. The lowest BCUT2D eigenvalue weighted by molar-refractivity contribution is 0.319.